The van der Waals surface area contributed by atoms with Crippen molar-refractivity contribution in [3.63, 3.8) is 0 Å². The summed E-state index contributed by atoms with van der Waals surface area (Å²) >= 11 is 0. The predicted molar refractivity (Wildman–Crippen MR) is 230 cm³/mol. The summed E-state index contributed by atoms with van der Waals surface area (Å²) in [6, 6.07) is 12.1. The molecule has 18 nitrogen and oxygen atoms in total. The number of carbonyl (C=O) groups is 5. The van der Waals surface area contributed by atoms with Gasteiger partial charge in [-0.25, -0.2) is 26.2 Å². The van der Waals surface area contributed by atoms with Gasteiger partial charge < -0.3 is 23.3 Å². The third-order valence-corrected chi connectivity index (χ3v) is 12.9. The Kier molecular flexibility index (Phi) is 17.5. The van der Waals surface area contributed by atoms with E-state index in [1.165, 1.54) is 18.2 Å². The number of allylic oxidation sites excluding steroid dienone is 3. The van der Waals surface area contributed by atoms with Crippen LogP contribution in [-0.2, 0) is 59.9 Å². The van der Waals surface area contributed by atoms with Gasteiger partial charge in [-0.1, -0.05) is 26.8 Å². The zero-order chi connectivity index (χ0) is 47.4. The van der Waals surface area contributed by atoms with E-state index in [-0.39, 0.29) is 97.9 Å². The van der Waals surface area contributed by atoms with Gasteiger partial charge in [0.2, 0.25) is 5.36 Å². The molecule has 4 amide bonds. The number of anilines is 1. The largest absolute Gasteiger partial charge is 1.00 e. The molecule has 2 fully saturated rings. The average molecular weight is 949 g/mol. The fraction of sp³-hybridized carbons (Fsp3) is 0.455. The molecule has 1 unspecified atom stereocenters. The number of fused-ring (bicyclic) bond motifs is 2. The molecule has 0 saturated carbocycles. The number of carbonyl (C=O) groups excluding carboxylic acids is 5. The standard InChI is InChI=1S/C40H49N3O11S2.C4H5NO3.Na/c1-7-41(8-2)27-15-17-30-31(39(3,4)5)25-28(53-34(30)24-27)12-9-13-35-40(6,21-10-14-38(46)54-43-36(44)19-20-37(43)45)32-26-29(56(50,51)52)16-18-33(32)42(35)22-11-23-55(47,48)49;6-3-1-2-4(7)5(3)8;/h9,12-13,15-18,24-26H,7-8,10-11,14,19-23H2,1-6H3,(H-,47,48,49,50,51,52);8H,1-2H2;/q;;+1/p-1. The topological polar surface area (TPSA) is 255 Å². The first kappa shape index (κ1) is 53.1. The van der Waals surface area contributed by atoms with Gasteiger partial charge in [0, 0.05) is 72.8 Å². The maximum Gasteiger partial charge on any atom is 1.00 e. The Hall–Kier alpha value is -4.54. The minimum atomic E-state index is -4.88. The van der Waals surface area contributed by atoms with Crippen LogP contribution >= 0.6 is 0 Å². The molecule has 0 bridgehead atoms. The summed E-state index contributed by atoms with van der Waals surface area (Å²) in [5.41, 5.74) is 2.24. The number of hydrogen-bond donors (Lipinski definition) is 1. The zero-order valence-electron chi connectivity index (χ0n) is 37.6. The van der Waals surface area contributed by atoms with Gasteiger partial charge in [-0.2, -0.15) is 5.06 Å². The van der Waals surface area contributed by atoms with E-state index in [9.17, 15) is 49.9 Å². The number of rotatable bonds is 14. The number of nitrogens with zero attached hydrogens (tertiary/aromatic N) is 4. The van der Waals surface area contributed by atoms with Gasteiger partial charge in [-0.05, 0) is 99.1 Å². The van der Waals surface area contributed by atoms with Crippen LogP contribution in [0.25, 0.3) is 17.4 Å². The Morgan fingerprint density at radius 3 is 2.06 bits per heavy atom. The molecular weight excluding hydrogens is 896 g/mol. The molecule has 346 valence electrons. The first-order chi connectivity index (χ1) is 29.9. The molecule has 4 heterocycles. The van der Waals surface area contributed by atoms with Gasteiger partial charge in [0.05, 0.1) is 21.1 Å². The molecular formula is C44H53N4NaO14S2. The Balaban J connectivity index is 0.000000926. The summed E-state index contributed by atoms with van der Waals surface area (Å²) in [5.74, 6) is -2.45. The number of amides is 4. The summed E-state index contributed by atoms with van der Waals surface area (Å²) in [4.78, 5) is 63.6. The van der Waals surface area contributed by atoms with E-state index in [4.69, 9.17) is 14.5 Å². The van der Waals surface area contributed by atoms with Gasteiger partial charge >= 0.3 is 35.5 Å². The zero-order valence-corrected chi connectivity index (χ0v) is 41.3. The van der Waals surface area contributed by atoms with Crippen molar-refractivity contribution >= 4 is 61.6 Å². The van der Waals surface area contributed by atoms with E-state index < -0.39 is 65.9 Å². The molecule has 1 aromatic carbocycles. The minimum absolute atomic E-state index is 0. The van der Waals surface area contributed by atoms with Crippen molar-refractivity contribution < 1.29 is 93.9 Å². The second kappa shape index (κ2) is 21.4. The van der Waals surface area contributed by atoms with Crippen LogP contribution < -0.4 is 44.4 Å². The van der Waals surface area contributed by atoms with E-state index in [0.717, 1.165) is 29.6 Å². The van der Waals surface area contributed by atoms with Crippen molar-refractivity contribution in [2.45, 2.75) is 109 Å². The molecule has 2 saturated heterocycles. The van der Waals surface area contributed by atoms with E-state index >= 15 is 0 Å². The molecule has 5 aliphatic rings. The molecule has 1 aliphatic carbocycles. The quantitative estimate of drug-likeness (QED) is 0.0786. The van der Waals surface area contributed by atoms with Crippen LogP contribution in [0.4, 0.5) is 5.69 Å². The molecule has 1 aromatic rings. The molecule has 0 aromatic heterocycles. The first-order valence-corrected chi connectivity index (χ1v) is 23.8. The van der Waals surface area contributed by atoms with E-state index in [2.05, 4.69) is 51.3 Å². The van der Waals surface area contributed by atoms with Crippen molar-refractivity contribution in [1.82, 2.24) is 14.7 Å². The smallest absolute Gasteiger partial charge is 0.748 e. The molecule has 65 heavy (non-hydrogen) atoms. The number of hydrogen-bond acceptors (Lipinski definition) is 15. The maximum atomic E-state index is 12.8. The Bertz CT molecular complexity index is 2630. The fourth-order valence-electron chi connectivity index (χ4n) is 7.96. The van der Waals surface area contributed by atoms with Gasteiger partial charge in [-0.3, -0.25) is 24.4 Å². The van der Waals surface area contributed by atoms with Crippen LogP contribution in [0.15, 0.2) is 69.6 Å². The summed E-state index contributed by atoms with van der Waals surface area (Å²) < 4.78 is 80.0. The minimum Gasteiger partial charge on any atom is -0.748 e. The molecule has 21 heteroatoms. The third kappa shape index (κ3) is 12.9. The normalized spacial score (nSPS) is 18.4. The Morgan fingerprint density at radius 1 is 0.908 bits per heavy atom. The Morgan fingerprint density at radius 2 is 1.52 bits per heavy atom. The molecule has 4 aliphatic heterocycles. The van der Waals surface area contributed by atoms with Crippen molar-refractivity contribution in [3.05, 3.63) is 82.6 Å². The maximum absolute atomic E-state index is 12.8. The van der Waals surface area contributed by atoms with Crippen molar-refractivity contribution in [3.8, 4) is 11.3 Å². The van der Waals surface area contributed by atoms with E-state index in [0.29, 0.717) is 33.5 Å². The van der Waals surface area contributed by atoms with E-state index in [1.54, 1.807) is 23.1 Å². The second-order valence-corrected chi connectivity index (χ2v) is 19.7. The predicted octanol–water partition coefficient (Wildman–Crippen LogP) is 1.31. The number of benzene rings is 2. The SMILES string of the molecule is CC[N+](CC)=c1ccc2c(C(C)(C)C)cc(/C=C/C=C3\N(CCCS(=O)(=O)[O-])c4ccc(S(=O)(=O)[O-])cc4C3(C)CCCC(=O)ON3C(=O)CCC3=O)oc-2c1.O=C1CCC(=O)N1O.[Na+]. The van der Waals surface area contributed by atoms with Crippen LogP contribution in [0.1, 0.15) is 110 Å². The van der Waals surface area contributed by atoms with Crippen LogP contribution in [0.2, 0.25) is 0 Å². The van der Waals surface area contributed by atoms with Crippen LogP contribution in [0.5, 0.6) is 0 Å². The average Bonchev–Trinajstić information content (AvgIpc) is 3.78. The van der Waals surface area contributed by atoms with Crippen molar-refractivity contribution in [2.75, 3.05) is 30.3 Å². The molecule has 6 rings (SSSR count). The molecule has 1 atom stereocenters. The van der Waals surface area contributed by atoms with Crippen LogP contribution in [0.3, 0.4) is 0 Å². The van der Waals surface area contributed by atoms with Crippen molar-refractivity contribution in [1.29, 1.82) is 0 Å². The molecule has 0 radical (unpaired) electrons. The summed E-state index contributed by atoms with van der Waals surface area (Å²) in [6.07, 6.45) is 5.57. The summed E-state index contributed by atoms with van der Waals surface area (Å²) in [6.45, 7) is 14.0. The summed E-state index contributed by atoms with van der Waals surface area (Å²) in [7, 11) is -9.44. The monoisotopic (exact) mass is 948 g/mol. The fourth-order valence-corrected chi connectivity index (χ4v) is 8.94. The Labute approximate surface area is 400 Å². The number of imide groups is 2. The van der Waals surface area contributed by atoms with Gasteiger partial charge in [0.15, 0.2) is 0 Å². The summed E-state index contributed by atoms with van der Waals surface area (Å²) in [5, 5.41) is 10.1. The number of hydroxylamine groups is 4. The van der Waals surface area contributed by atoms with Gasteiger partial charge in [0.1, 0.15) is 34.7 Å². The van der Waals surface area contributed by atoms with Crippen LogP contribution in [-0.4, -0.2) is 96.3 Å². The molecule has 1 N–H and O–H groups in total. The van der Waals surface area contributed by atoms with Gasteiger partial charge in [-0.15, -0.1) is 5.06 Å². The molecule has 0 spiro atoms. The van der Waals surface area contributed by atoms with Crippen LogP contribution in [0, 0.1) is 0 Å². The van der Waals surface area contributed by atoms with E-state index in [1.807, 2.05) is 19.1 Å². The first-order valence-electron chi connectivity index (χ1n) is 20.9. The third-order valence-electron chi connectivity index (χ3n) is 11.3. The van der Waals surface area contributed by atoms with Gasteiger partial charge in [0.25, 0.3) is 23.6 Å². The van der Waals surface area contributed by atoms with Crippen molar-refractivity contribution in [2.24, 2.45) is 0 Å². The second-order valence-electron chi connectivity index (χ2n) is 16.8.